The van der Waals surface area contributed by atoms with Crippen LogP contribution in [-0.4, -0.2) is 136 Å². The molecule has 0 radical (unpaired) electrons. The van der Waals surface area contributed by atoms with Crippen molar-refractivity contribution in [2.75, 3.05) is 122 Å². The maximum atomic E-state index is 12.9. The van der Waals surface area contributed by atoms with Crippen molar-refractivity contribution in [3.05, 3.63) is 121 Å². The molecule has 0 bridgehead atoms. The molecule has 1 aliphatic carbocycles. The van der Waals surface area contributed by atoms with Gasteiger partial charge < -0.3 is 19.6 Å². The second kappa shape index (κ2) is 32.1. The first kappa shape index (κ1) is 66.0. The molecular formula is C58H84N6O12S4+2. The topological polar surface area (TPSA) is 161 Å². The minimum atomic E-state index is -3.74. The molecule has 18 nitrogen and oxygen atoms in total. The van der Waals surface area contributed by atoms with Gasteiger partial charge in [-0.3, -0.25) is 8.37 Å². The van der Waals surface area contributed by atoms with E-state index in [9.17, 15) is 16.8 Å². The third kappa shape index (κ3) is 21.5. The van der Waals surface area contributed by atoms with E-state index >= 15 is 0 Å². The fourth-order valence-electron chi connectivity index (χ4n) is 8.33. The molecule has 1 aliphatic rings. The van der Waals surface area contributed by atoms with Gasteiger partial charge in [0.25, 0.3) is 20.2 Å². The van der Waals surface area contributed by atoms with Crippen LogP contribution < -0.4 is 24.2 Å². The monoisotopic (exact) mass is 1180 g/mol. The summed E-state index contributed by atoms with van der Waals surface area (Å²) in [5.41, 5.74) is 8.77. The zero-order chi connectivity index (χ0) is 58.4. The van der Waals surface area contributed by atoms with Gasteiger partial charge in [0.05, 0.1) is 44.7 Å². The second-order valence-corrected chi connectivity index (χ2v) is 26.1. The van der Waals surface area contributed by atoms with E-state index in [2.05, 4.69) is 125 Å². The molecule has 440 valence electrons. The van der Waals surface area contributed by atoms with Gasteiger partial charge in [-0.2, -0.15) is 21.4 Å². The van der Waals surface area contributed by atoms with Crippen LogP contribution in [0.5, 0.6) is 0 Å². The highest BCUT2D eigenvalue weighted by atomic mass is 32.2. The van der Waals surface area contributed by atoms with Crippen LogP contribution in [0.2, 0.25) is 0 Å². The van der Waals surface area contributed by atoms with E-state index in [1.807, 2.05) is 114 Å². The summed E-state index contributed by atoms with van der Waals surface area (Å²) < 4.78 is 77.0. The molecule has 0 fully saturated rings. The molecule has 0 unspecified atom stereocenters. The van der Waals surface area contributed by atoms with Crippen molar-refractivity contribution in [2.24, 2.45) is 10.8 Å². The molecular weight excluding hydrogens is 1100 g/mol. The highest BCUT2D eigenvalue weighted by molar-refractivity contribution is 7.94. The molecule has 0 N–H and O–H groups in total. The lowest BCUT2D eigenvalue weighted by atomic mass is 9.99. The normalized spacial score (nSPS) is 13.0. The molecule has 80 heavy (non-hydrogen) atoms. The molecule has 0 heterocycles. The Balaban J connectivity index is 1.55. The highest BCUT2D eigenvalue weighted by Crippen LogP contribution is 2.38. The van der Waals surface area contributed by atoms with Gasteiger partial charge in [0.2, 0.25) is 17.1 Å². The fourth-order valence-corrected chi connectivity index (χ4v) is 11.4. The number of hydrogen-bond donors (Lipinski definition) is 0. The summed E-state index contributed by atoms with van der Waals surface area (Å²) in [4.78, 5) is 17.6. The maximum absolute atomic E-state index is 12.9. The van der Waals surface area contributed by atoms with Crippen molar-refractivity contribution in [3.63, 3.8) is 0 Å². The van der Waals surface area contributed by atoms with Gasteiger partial charge in [0.15, 0.2) is 12.3 Å². The second-order valence-electron chi connectivity index (χ2n) is 21.0. The molecule has 0 amide bonds. The summed E-state index contributed by atoms with van der Waals surface area (Å²) in [6.45, 7) is 24.9. The SMILES string of the molecule is CCN(CCSOOOC)c1ccc([N+](=C2C=CC(=[N+](CC)CCSOOOC)C=C2)c2ccc(N(c3ccc(N(CC)CCS(=O)(=O)OCC(C)(C)C)cc3)c3ccc(N(CC)CCS(=O)(=O)OCC(C)(C)C)cc3)cc2)cc1. The lowest BCUT2D eigenvalue weighted by Crippen LogP contribution is -2.31. The van der Waals surface area contributed by atoms with Crippen molar-refractivity contribution in [3.8, 4) is 0 Å². The molecule has 0 aliphatic heterocycles. The molecule has 22 heteroatoms. The van der Waals surface area contributed by atoms with Crippen LogP contribution in [0, 0.1) is 10.8 Å². The fraction of sp³-hybridized carbons (Fsp3) is 0.483. The van der Waals surface area contributed by atoms with Crippen molar-refractivity contribution < 1.29 is 58.3 Å². The Hall–Kier alpha value is -4.82. The van der Waals surface area contributed by atoms with E-state index < -0.39 is 20.2 Å². The molecule has 4 aromatic carbocycles. The Labute approximate surface area is 485 Å². The van der Waals surface area contributed by atoms with Crippen LogP contribution >= 0.6 is 24.1 Å². The van der Waals surface area contributed by atoms with Crippen LogP contribution in [0.3, 0.4) is 0 Å². The van der Waals surface area contributed by atoms with Gasteiger partial charge in [-0.25, -0.2) is 14.4 Å². The molecule has 0 saturated heterocycles. The molecule has 0 saturated carbocycles. The third-order valence-electron chi connectivity index (χ3n) is 12.5. The molecule has 0 atom stereocenters. The quantitative estimate of drug-likeness (QED) is 0.00825. The number of rotatable bonds is 34. The Kier molecular flexibility index (Phi) is 26.5. The Morgan fingerprint density at radius 3 is 1.20 bits per heavy atom. The van der Waals surface area contributed by atoms with Crippen LogP contribution in [0.1, 0.15) is 69.2 Å². The molecule has 4 aromatic rings. The van der Waals surface area contributed by atoms with Crippen LogP contribution in [0.4, 0.5) is 45.5 Å². The van der Waals surface area contributed by atoms with E-state index in [-0.39, 0.29) is 48.6 Å². The molecule has 0 spiro atoms. The Morgan fingerprint density at radius 2 is 0.825 bits per heavy atom. The smallest absolute Gasteiger partial charge is 0.269 e. The zero-order valence-electron chi connectivity index (χ0n) is 48.7. The predicted molar refractivity (Wildman–Crippen MR) is 328 cm³/mol. The summed E-state index contributed by atoms with van der Waals surface area (Å²) in [6.07, 6.45) is 8.52. The van der Waals surface area contributed by atoms with E-state index in [4.69, 9.17) is 17.0 Å². The van der Waals surface area contributed by atoms with Crippen molar-refractivity contribution in [2.45, 2.75) is 69.2 Å². The average molecular weight is 1190 g/mol. The maximum Gasteiger partial charge on any atom is 0.269 e. The first-order valence-electron chi connectivity index (χ1n) is 27.0. The summed E-state index contributed by atoms with van der Waals surface area (Å²) in [5.74, 6) is 1.03. The summed E-state index contributed by atoms with van der Waals surface area (Å²) in [5, 5.41) is 9.14. The minimum Gasteiger partial charge on any atom is -0.371 e. The van der Waals surface area contributed by atoms with Gasteiger partial charge >= 0.3 is 0 Å². The van der Waals surface area contributed by atoms with Crippen molar-refractivity contribution in [1.29, 1.82) is 0 Å². The van der Waals surface area contributed by atoms with Gasteiger partial charge in [-0.15, -0.1) is 8.67 Å². The molecule has 5 rings (SSSR count). The number of benzene rings is 4. The number of allylic oxidation sites excluding steroid dienone is 4. The zero-order valence-corrected chi connectivity index (χ0v) is 51.9. The summed E-state index contributed by atoms with van der Waals surface area (Å²) in [7, 11) is -4.70. The van der Waals surface area contributed by atoms with Crippen LogP contribution in [-0.2, 0) is 57.1 Å². The first-order valence-corrected chi connectivity index (χ1v) is 31.9. The lowest BCUT2D eigenvalue weighted by Gasteiger charge is -2.28. The minimum absolute atomic E-state index is 0.112. The van der Waals surface area contributed by atoms with Crippen molar-refractivity contribution >= 4 is 101 Å². The summed E-state index contributed by atoms with van der Waals surface area (Å²) in [6, 6.07) is 33.2. The van der Waals surface area contributed by atoms with E-state index in [1.54, 1.807) is 0 Å². The molecule has 0 aromatic heterocycles. The average Bonchev–Trinajstić information content (AvgIpc) is 3.45. The summed E-state index contributed by atoms with van der Waals surface area (Å²) >= 11 is 2.35. The first-order chi connectivity index (χ1) is 38.1. The largest absolute Gasteiger partial charge is 0.371 e. The number of hydrogen-bond acceptors (Lipinski definition) is 18. The third-order valence-corrected chi connectivity index (χ3v) is 15.8. The van der Waals surface area contributed by atoms with E-state index in [1.165, 1.54) is 38.3 Å². The van der Waals surface area contributed by atoms with E-state index in [0.29, 0.717) is 24.6 Å². The lowest BCUT2D eigenvalue weighted by molar-refractivity contribution is -0.518. The Morgan fingerprint density at radius 1 is 0.475 bits per heavy atom. The number of anilines is 6. The van der Waals surface area contributed by atoms with E-state index in [0.717, 1.165) is 83.1 Å². The van der Waals surface area contributed by atoms with Crippen LogP contribution in [0.25, 0.3) is 0 Å². The van der Waals surface area contributed by atoms with Gasteiger partial charge in [0.1, 0.15) is 6.54 Å². The standard InChI is InChI=1S/C58H84N6O12S4/c1-13-59(37-41-77-75-73-69-11)47-17-25-51(26-18-47)63(52-27-19-48(20-28-52)60(14-2)38-42-78-76-74-70-12)55-33-35-56(36-34-55)64(53-29-21-49(22-30-53)61(15-3)39-43-79(65,66)71-45-57(5,6)7)54-31-23-50(24-32-54)62(16-4)40-44-80(67,68)72-46-58(8,9)10/h17-36H,13-16,37-46H2,1-12H3/q+2. The Bertz CT molecular complexity index is 2750. The van der Waals surface area contributed by atoms with Gasteiger partial charge in [-0.1, -0.05) is 51.6 Å². The highest BCUT2D eigenvalue weighted by Gasteiger charge is 2.25. The van der Waals surface area contributed by atoms with Gasteiger partial charge in [0, 0.05) is 152 Å². The number of nitrogens with zero attached hydrogens (tertiary/aromatic N) is 6. The van der Waals surface area contributed by atoms with Crippen LogP contribution in [0.15, 0.2) is 121 Å². The predicted octanol–water partition coefficient (Wildman–Crippen LogP) is 11.6. The van der Waals surface area contributed by atoms with Gasteiger partial charge in [-0.05, 0) is 111 Å². The van der Waals surface area contributed by atoms with Crippen molar-refractivity contribution in [1.82, 2.24) is 4.58 Å².